The lowest BCUT2D eigenvalue weighted by Crippen LogP contribution is -2.54. The summed E-state index contributed by atoms with van der Waals surface area (Å²) in [5.74, 6) is 0.696. The molecule has 0 amide bonds. The molecule has 30 heavy (non-hydrogen) atoms. The lowest BCUT2D eigenvalue weighted by Gasteiger charge is -2.38. The van der Waals surface area contributed by atoms with Gasteiger partial charge in [0.15, 0.2) is 5.78 Å². The number of carbonyl (C=O) groups is 1. The van der Waals surface area contributed by atoms with Crippen LogP contribution < -0.4 is 4.74 Å². The average molecular weight is 440 g/mol. The molecular formula is C21H33N3O5S. The zero-order valence-electron chi connectivity index (χ0n) is 17.7. The first-order valence-electron chi connectivity index (χ1n) is 10.8. The Balaban J connectivity index is 1.40. The van der Waals surface area contributed by atoms with Crippen LogP contribution in [0, 0.1) is 0 Å². The van der Waals surface area contributed by atoms with Gasteiger partial charge in [0.2, 0.25) is 0 Å². The Morgan fingerprint density at radius 3 is 2.20 bits per heavy atom. The Hall–Kier alpha value is -1.52. The third kappa shape index (κ3) is 6.01. The minimum atomic E-state index is -3.37. The number of rotatable bonds is 9. The third-order valence-corrected chi connectivity index (χ3v) is 7.74. The summed E-state index contributed by atoms with van der Waals surface area (Å²) < 4.78 is 34.3. The van der Waals surface area contributed by atoms with E-state index in [4.69, 9.17) is 4.74 Å². The fraction of sp³-hybridized carbons (Fsp3) is 0.667. The maximum Gasteiger partial charge on any atom is 0.282 e. The second-order valence-corrected chi connectivity index (χ2v) is 9.86. The van der Waals surface area contributed by atoms with E-state index in [0.29, 0.717) is 63.5 Å². The number of nitrogens with zero attached hydrogens (tertiary/aromatic N) is 3. The topological polar surface area (TPSA) is 90.4 Å². The standard InChI is InChI=1S/C21H33N3O5S/c1-2-21(26)18-6-8-20(9-7-18)29-17-19(25)16-22-12-14-24(15-13-22)30(27,28)23-10-4-3-5-11-23/h6-9,19,25H,2-5,10-17H2,1H3/t19-/m0/s1. The largest absolute Gasteiger partial charge is 0.491 e. The van der Waals surface area contributed by atoms with Crippen LogP contribution in [0.3, 0.4) is 0 Å². The Labute approximate surface area is 179 Å². The quantitative estimate of drug-likeness (QED) is 0.585. The molecule has 2 aliphatic heterocycles. The fourth-order valence-corrected chi connectivity index (χ4v) is 5.56. The van der Waals surface area contributed by atoms with Crippen molar-refractivity contribution in [2.45, 2.75) is 38.7 Å². The second-order valence-electron chi connectivity index (χ2n) is 7.93. The molecule has 0 saturated carbocycles. The van der Waals surface area contributed by atoms with Crippen molar-refractivity contribution in [3.05, 3.63) is 29.8 Å². The summed E-state index contributed by atoms with van der Waals surface area (Å²) in [6.07, 6.45) is 2.76. The highest BCUT2D eigenvalue weighted by Gasteiger charge is 2.33. The fourth-order valence-electron chi connectivity index (χ4n) is 3.89. The highest BCUT2D eigenvalue weighted by Crippen LogP contribution is 2.18. The number of ketones is 1. The van der Waals surface area contributed by atoms with Crippen LogP contribution >= 0.6 is 0 Å². The number of aliphatic hydroxyl groups is 1. The molecule has 0 aromatic heterocycles. The van der Waals surface area contributed by atoms with Crippen molar-refractivity contribution in [1.29, 1.82) is 0 Å². The predicted molar refractivity (Wildman–Crippen MR) is 115 cm³/mol. The zero-order valence-corrected chi connectivity index (χ0v) is 18.5. The van der Waals surface area contributed by atoms with E-state index in [1.807, 2.05) is 6.92 Å². The maximum atomic E-state index is 12.8. The molecule has 8 nitrogen and oxygen atoms in total. The van der Waals surface area contributed by atoms with Crippen LogP contribution in [-0.2, 0) is 10.2 Å². The summed E-state index contributed by atoms with van der Waals surface area (Å²) in [4.78, 5) is 13.7. The molecule has 9 heteroatoms. The van der Waals surface area contributed by atoms with E-state index in [9.17, 15) is 18.3 Å². The van der Waals surface area contributed by atoms with Crippen LogP contribution in [0.15, 0.2) is 24.3 Å². The number of Topliss-reactive ketones (excluding diaryl/α,β-unsaturated/α-hetero) is 1. The summed E-state index contributed by atoms with van der Waals surface area (Å²) in [5.41, 5.74) is 0.655. The van der Waals surface area contributed by atoms with E-state index in [-0.39, 0.29) is 12.4 Å². The van der Waals surface area contributed by atoms with Gasteiger partial charge in [0, 0.05) is 57.8 Å². The van der Waals surface area contributed by atoms with Crippen LogP contribution in [0.1, 0.15) is 43.0 Å². The van der Waals surface area contributed by atoms with Crippen LogP contribution in [0.2, 0.25) is 0 Å². The van der Waals surface area contributed by atoms with Gasteiger partial charge in [-0.25, -0.2) is 0 Å². The van der Waals surface area contributed by atoms with Crippen molar-refractivity contribution in [3.63, 3.8) is 0 Å². The number of benzene rings is 1. The van der Waals surface area contributed by atoms with Crippen LogP contribution in [-0.4, -0.2) is 91.3 Å². The van der Waals surface area contributed by atoms with Crippen molar-refractivity contribution in [2.75, 3.05) is 52.4 Å². The lowest BCUT2D eigenvalue weighted by molar-refractivity contribution is 0.0561. The first kappa shape index (κ1) is 23.1. The van der Waals surface area contributed by atoms with E-state index < -0.39 is 16.3 Å². The molecule has 3 rings (SSSR count). The molecule has 2 fully saturated rings. The maximum absolute atomic E-state index is 12.8. The summed E-state index contributed by atoms with van der Waals surface area (Å²) in [6, 6.07) is 6.94. The number of β-amino-alcohol motifs (C(OH)–C–C–N with tert-alkyl or cyclic N) is 1. The van der Waals surface area contributed by atoms with Crippen LogP contribution in [0.25, 0.3) is 0 Å². The van der Waals surface area contributed by atoms with Crippen LogP contribution in [0.4, 0.5) is 0 Å². The molecule has 0 unspecified atom stereocenters. The van der Waals surface area contributed by atoms with Crippen LogP contribution in [0.5, 0.6) is 5.75 Å². The molecule has 1 N–H and O–H groups in total. The lowest BCUT2D eigenvalue weighted by atomic mass is 10.1. The highest BCUT2D eigenvalue weighted by molar-refractivity contribution is 7.86. The Morgan fingerprint density at radius 2 is 1.60 bits per heavy atom. The molecule has 0 aliphatic carbocycles. The van der Waals surface area contributed by atoms with Crippen molar-refractivity contribution in [1.82, 2.24) is 13.5 Å². The highest BCUT2D eigenvalue weighted by atomic mass is 32.2. The van der Waals surface area contributed by atoms with Gasteiger partial charge in [-0.3, -0.25) is 9.69 Å². The molecular weight excluding hydrogens is 406 g/mol. The number of piperazine rings is 1. The predicted octanol–water partition coefficient (Wildman–Crippen LogP) is 1.37. The molecule has 0 bridgehead atoms. The van der Waals surface area contributed by atoms with E-state index in [1.54, 1.807) is 32.9 Å². The number of hydrogen-bond acceptors (Lipinski definition) is 6. The van der Waals surface area contributed by atoms with Gasteiger partial charge >= 0.3 is 0 Å². The van der Waals surface area contributed by atoms with Gasteiger partial charge in [0.05, 0.1) is 0 Å². The summed E-state index contributed by atoms with van der Waals surface area (Å²) in [5, 5.41) is 10.3. The van der Waals surface area contributed by atoms with Crippen molar-refractivity contribution < 1.29 is 23.1 Å². The number of hydrogen-bond donors (Lipinski definition) is 1. The van der Waals surface area contributed by atoms with E-state index >= 15 is 0 Å². The first-order valence-corrected chi connectivity index (χ1v) is 12.2. The average Bonchev–Trinajstić information content (AvgIpc) is 2.78. The van der Waals surface area contributed by atoms with E-state index in [1.165, 1.54) is 0 Å². The molecule has 2 aliphatic rings. The summed E-state index contributed by atoms with van der Waals surface area (Å²) in [6.45, 7) is 5.72. The zero-order chi connectivity index (χ0) is 21.6. The van der Waals surface area contributed by atoms with Gasteiger partial charge in [0.1, 0.15) is 18.5 Å². The van der Waals surface area contributed by atoms with Gasteiger partial charge in [-0.15, -0.1) is 0 Å². The molecule has 2 heterocycles. The van der Waals surface area contributed by atoms with E-state index in [0.717, 1.165) is 19.3 Å². The smallest absolute Gasteiger partial charge is 0.282 e. The van der Waals surface area contributed by atoms with Crippen molar-refractivity contribution in [2.24, 2.45) is 0 Å². The number of aliphatic hydroxyl groups excluding tert-OH is 1. The third-order valence-electron chi connectivity index (χ3n) is 5.71. The monoisotopic (exact) mass is 439 g/mol. The molecule has 0 radical (unpaired) electrons. The number of carbonyl (C=O) groups excluding carboxylic acids is 1. The van der Waals surface area contributed by atoms with Crippen molar-refractivity contribution in [3.8, 4) is 5.75 Å². The molecule has 0 spiro atoms. The van der Waals surface area contributed by atoms with Gasteiger partial charge in [-0.2, -0.15) is 17.0 Å². The first-order chi connectivity index (χ1) is 14.4. The van der Waals surface area contributed by atoms with Crippen molar-refractivity contribution >= 4 is 16.0 Å². The Kier molecular flexibility index (Phi) is 8.24. The molecule has 168 valence electrons. The van der Waals surface area contributed by atoms with Gasteiger partial charge < -0.3 is 9.84 Å². The summed E-state index contributed by atoms with van der Waals surface area (Å²) >= 11 is 0. The number of piperidine rings is 1. The minimum absolute atomic E-state index is 0.0861. The summed E-state index contributed by atoms with van der Waals surface area (Å²) in [7, 11) is -3.37. The molecule has 1 aromatic carbocycles. The minimum Gasteiger partial charge on any atom is -0.491 e. The Bertz CT molecular complexity index is 785. The van der Waals surface area contributed by atoms with Gasteiger partial charge in [0.25, 0.3) is 10.2 Å². The number of ether oxygens (including phenoxy) is 1. The van der Waals surface area contributed by atoms with Gasteiger partial charge in [-0.05, 0) is 37.1 Å². The second kappa shape index (κ2) is 10.7. The molecule has 1 aromatic rings. The normalized spacial score (nSPS) is 20.7. The SMILES string of the molecule is CCC(=O)c1ccc(OC[C@@H](O)CN2CCN(S(=O)(=O)N3CCCCC3)CC2)cc1. The molecule has 2 saturated heterocycles. The van der Waals surface area contributed by atoms with E-state index in [2.05, 4.69) is 4.90 Å². The van der Waals surface area contributed by atoms with Gasteiger partial charge in [-0.1, -0.05) is 13.3 Å². The molecule has 1 atom stereocenters. The Morgan fingerprint density at radius 1 is 1.00 bits per heavy atom.